The van der Waals surface area contributed by atoms with E-state index in [0.717, 1.165) is 11.3 Å². The first-order chi connectivity index (χ1) is 12.0. The number of hydrogen-bond donors (Lipinski definition) is 1. The summed E-state index contributed by atoms with van der Waals surface area (Å²) in [4.78, 5) is 12.3. The molecule has 0 aliphatic rings. The highest BCUT2D eigenvalue weighted by Gasteiger charge is 2.11. The van der Waals surface area contributed by atoms with Gasteiger partial charge in [0.2, 0.25) is 5.13 Å². The second kappa shape index (κ2) is 7.63. The molecule has 1 N–H and O–H groups in total. The molecule has 3 rings (SSSR count). The Bertz CT molecular complexity index is 861. The summed E-state index contributed by atoms with van der Waals surface area (Å²) in [6.45, 7) is 3.91. The number of anilines is 1. The average Bonchev–Trinajstić information content (AvgIpc) is 3.04. The lowest BCUT2D eigenvalue weighted by atomic mass is 10.2. The van der Waals surface area contributed by atoms with Crippen molar-refractivity contribution in [1.29, 1.82) is 0 Å². The molecule has 128 valence electrons. The van der Waals surface area contributed by atoms with Gasteiger partial charge in [-0.05, 0) is 50.2 Å². The molecule has 0 spiro atoms. The Labute approximate surface area is 154 Å². The lowest BCUT2D eigenvalue weighted by Gasteiger charge is -2.09. The Kier molecular flexibility index (Phi) is 5.31. The molecular weight excluding hydrogens is 358 g/mol. The molecule has 0 atom stereocenters. The number of ether oxygens (including phenoxy) is 1. The monoisotopic (exact) mass is 373 g/mol. The van der Waals surface area contributed by atoms with Crippen LogP contribution in [0.1, 0.15) is 24.2 Å². The molecular formula is C18H16ClN3O2S. The predicted molar refractivity (Wildman–Crippen MR) is 101 cm³/mol. The molecule has 0 saturated carbocycles. The Morgan fingerprint density at radius 2 is 1.76 bits per heavy atom. The van der Waals surface area contributed by atoms with Gasteiger partial charge in [0.05, 0.1) is 6.10 Å². The van der Waals surface area contributed by atoms with Crippen molar-refractivity contribution in [3.63, 3.8) is 0 Å². The van der Waals surface area contributed by atoms with Crippen LogP contribution in [0.3, 0.4) is 0 Å². The van der Waals surface area contributed by atoms with Crippen molar-refractivity contribution in [2.45, 2.75) is 20.0 Å². The minimum Gasteiger partial charge on any atom is -0.491 e. The number of carbonyl (C=O) groups excluding carboxylic acids is 1. The summed E-state index contributed by atoms with van der Waals surface area (Å²) >= 11 is 7.19. The van der Waals surface area contributed by atoms with E-state index >= 15 is 0 Å². The van der Waals surface area contributed by atoms with Crippen LogP contribution in [-0.4, -0.2) is 22.2 Å². The molecule has 0 bridgehead atoms. The number of amides is 1. The van der Waals surface area contributed by atoms with Crippen LogP contribution in [0.5, 0.6) is 5.75 Å². The molecule has 2 aromatic carbocycles. The van der Waals surface area contributed by atoms with Gasteiger partial charge < -0.3 is 4.74 Å². The van der Waals surface area contributed by atoms with Crippen molar-refractivity contribution < 1.29 is 9.53 Å². The quantitative estimate of drug-likeness (QED) is 0.691. The fourth-order valence-electron chi connectivity index (χ4n) is 2.11. The highest BCUT2D eigenvalue weighted by molar-refractivity contribution is 7.18. The molecule has 0 unspecified atom stereocenters. The summed E-state index contributed by atoms with van der Waals surface area (Å²) in [6, 6.07) is 14.3. The topological polar surface area (TPSA) is 64.1 Å². The van der Waals surface area contributed by atoms with Crippen LogP contribution in [0.4, 0.5) is 5.13 Å². The van der Waals surface area contributed by atoms with Gasteiger partial charge >= 0.3 is 0 Å². The molecule has 1 heterocycles. The maximum Gasteiger partial charge on any atom is 0.257 e. The van der Waals surface area contributed by atoms with Gasteiger partial charge in [0.25, 0.3) is 5.91 Å². The predicted octanol–water partition coefficient (Wildman–Crippen LogP) is 4.90. The first-order valence-corrected chi connectivity index (χ1v) is 8.88. The van der Waals surface area contributed by atoms with Gasteiger partial charge in [0.1, 0.15) is 10.8 Å². The van der Waals surface area contributed by atoms with E-state index in [1.165, 1.54) is 11.3 Å². The summed E-state index contributed by atoms with van der Waals surface area (Å²) in [5.74, 6) is 0.488. The molecule has 1 amide bonds. The third-order valence-electron chi connectivity index (χ3n) is 3.22. The van der Waals surface area contributed by atoms with Gasteiger partial charge in [-0.1, -0.05) is 35.1 Å². The zero-order valence-corrected chi connectivity index (χ0v) is 15.3. The molecule has 0 fully saturated rings. The maximum absolute atomic E-state index is 12.3. The zero-order chi connectivity index (χ0) is 17.8. The van der Waals surface area contributed by atoms with Crippen molar-refractivity contribution in [3.8, 4) is 16.3 Å². The summed E-state index contributed by atoms with van der Waals surface area (Å²) in [7, 11) is 0. The second-order valence-corrected chi connectivity index (χ2v) is 6.98. The number of aromatic nitrogens is 2. The van der Waals surface area contributed by atoms with Crippen LogP contribution >= 0.6 is 22.9 Å². The number of carbonyl (C=O) groups is 1. The largest absolute Gasteiger partial charge is 0.491 e. The number of halogens is 1. The van der Waals surface area contributed by atoms with E-state index in [1.807, 2.05) is 26.0 Å². The van der Waals surface area contributed by atoms with Gasteiger partial charge in [0.15, 0.2) is 0 Å². The number of nitrogens with one attached hydrogen (secondary N) is 1. The van der Waals surface area contributed by atoms with Gasteiger partial charge in [-0.25, -0.2) is 0 Å². The number of nitrogens with zero attached hydrogens (tertiary/aromatic N) is 2. The third kappa shape index (κ3) is 4.55. The molecule has 7 heteroatoms. The standard InChI is InChI=1S/C18H16ClN3O2S/c1-11(2)24-15-9-5-12(6-10-15)16(23)20-18-22-21-17(25-18)13-3-7-14(19)8-4-13/h3-11H,1-2H3,(H,20,22,23). The second-order valence-electron chi connectivity index (χ2n) is 5.56. The van der Waals surface area contributed by atoms with Crippen molar-refractivity contribution in [3.05, 3.63) is 59.1 Å². The van der Waals surface area contributed by atoms with Crippen molar-refractivity contribution in [2.24, 2.45) is 0 Å². The van der Waals surface area contributed by atoms with Crippen LogP contribution in [0, 0.1) is 0 Å². The third-order valence-corrected chi connectivity index (χ3v) is 4.36. The van der Waals surface area contributed by atoms with E-state index in [1.54, 1.807) is 36.4 Å². The van der Waals surface area contributed by atoms with Gasteiger partial charge in [0, 0.05) is 16.1 Å². The highest BCUT2D eigenvalue weighted by Crippen LogP contribution is 2.27. The fraction of sp³-hybridized carbons (Fsp3) is 0.167. The molecule has 1 aromatic heterocycles. The number of hydrogen-bond acceptors (Lipinski definition) is 5. The summed E-state index contributed by atoms with van der Waals surface area (Å²) in [6.07, 6.45) is 0.0901. The summed E-state index contributed by atoms with van der Waals surface area (Å²) in [5.41, 5.74) is 1.43. The van der Waals surface area contributed by atoms with Gasteiger partial charge in [-0.15, -0.1) is 10.2 Å². The summed E-state index contributed by atoms with van der Waals surface area (Å²) in [5, 5.41) is 12.7. The fourth-order valence-corrected chi connectivity index (χ4v) is 2.98. The molecule has 0 radical (unpaired) electrons. The lowest BCUT2D eigenvalue weighted by molar-refractivity contribution is 0.102. The number of rotatable bonds is 5. The van der Waals surface area contributed by atoms with Crippen molar-refractivity contribution in [1.82, 2.24) is 10.2 Å². The van der Waals surface area contributed by atoms with Crippen LogP contribution in [-0.2, 0) is 0 Å². The minimum atomic E-state index is -0.241. The zero-order valence-electron chi connectivity index (χ0n) is 13.7. The first kappa shape index (κ1) is 17.4. The Hall–Kier alpha value is -2.44. The molecule has 0 saturated heterocycles. The highest BCUT2D eigenvalue weighted by atomic mass is 35.5. The summed E-state index contributed by atoms with van der Waals surface area (Å²) < 4.78 is 5.57. The SMILES string of the molecule is CC(C)Oc1ccc(C(=O)Nc2nnc(-c3ccc(Cl)cc3)s2)cc1. The lowest BCUT2D eigenvalue weighted by Crippen LogP contribution is -2.12. The average molecular weight is 374 g/mol. The van der Waals surface area contributed by atoms with E-state index < -0.39 is 0 Å². The Morgan fingerprint density at radius 1 is 1.08 bits per heavy atom. The number of benzene rings is 2. The maximum atomic E-state index is 12.3. The minimum absolute atomic E-state index is 0.0901. The van der Waals surface area contributed by atoms with E-state index in [2.05, 4.69) is 15.5 Å². The van der Waals surface area contributed by atoms with E-state index in [4.69, 9.17) is 16.3 Å². The smallest absolute Gasteiger partial charge is 0.257 e. The van der Waals surface area contributed by atoms with Crippen LogP contribution in [0.2, 0.25) is 5.02 Å². The van der Waals surface area contributed by atoms with E-state index in [0.29, 0.717) is 20.7 Å². The van der Waals surface area contributed by atoms with Crippen LogP contribution < -0.4 is 10.1 Å². The van der Waals surface area contributed by atoms with Crippen LogP contribution in [0.15, 0.2) is 48.5 Å². The molecule has 0 aliphatic carbocycles. The molecule has 5 nitrogen and oxygen atoms in total. The van der Waals surface area contributed by atoms with Gasteiger partial charge in [-0.3, -0.25) is 10.1 Å². The van der Waals surface area contributed by atoms with Gasteiger partial charge in [-0.2, -0.15) is 0 Å². The van der Waals surface area contributed by atoms with E-state index in [-0.39, 0.29) is 12.0 Å². The molecule has 0 aliphatic heterocycles. The van der Waals surface area contributed by atoms with Crippen LogP contribution in [0.25, 0.3) is 10.6 Å². The Balaban J connectivity index is 1.68. The Morgan fingerprint density at radius 3 is 2.40 bits per heavy atom. The van der Waals surface area contributed by atoms with Crippen molar-refractivity contribution in [2.75, 3.05) is 5.32 Å². The molecule has 3 aromatic rings. The van der Waals surface area contributed by atoms with Crippen molar-refractivity contribution >= 4 is 34.0 Å². The van der Waals surface area contributed by atoms with E-state index in [9.17, 15) is 4.79 Å². The first-order valence-electron chi connectivity index (χ1n) is 7.69. The normalized spacial score (nSPS) is 10.7. The molecule has 25 heavy (non-hydrogen) atoms.